The van der Waals surface area contributed by atoms with Crippen LogP contribution in [0.15, 0.2) is 12.1 Å². The van der Waals surface area contributed by atoms with Crippen molar-refractivity contribution in [3.8, 4) is 0 Å². The van der Waals surface area contributed by atoms with Crippen molar-refractivity contribution in [3.63, 3.8) is 0 Å². The van der Waals surface area contributed by atoms with Crippen LogP contribution in [0, 0.1) is 0 Å². The lowest BCUT2D eigenvalue weighted by Crippen LogP contribution is -2.42. The molecule has 146 valence electrons. The highest BCUT2D eigenvalue weighted by molar-refractivity contribution is 5.68. The summed E-state index contributed by atoms with van der Waals surface area (Å²) in [4.78, 5) is 12.0. The smallest absolute Gasteiger partial charge is 0.407 e. The van der Waals surface area contributed by atoms with E-state index < -0.39 is 11.7 Å². The van der Waals surface area contributed by atoms with Gasteiger partial charge in [-0.2, -0.15) is 0 Å². The molecule has 0 saturated heterocycles. The molecular formula is C21H34N2O3. The number of alkyl carbamates (subject to hydrolysis) is 1. The SMILES string of the molecule is CNc1cc2c(cc1CC(CO)NC(=O)OC(C)(C)C)CCCC2(C)C. The first-order valence-electron chi connectivity index (χ1n) is 9.50. The van der Waals surface area contributed by atoms with Crippen LogP contribution in [0.3, 0.4) is 0 Å². The highest BCUT2D eigenvalue weighted by Gasteiger charge is 2.29. The summed E-state index contributed by atoms with van der Waals surface area (Å²) in [5.74, 6) is 0. The molecule has 5 nitrogen and oxygen atoms in total. The van der Waals surface area contributed by atoms with Crippen LogP contribution in [0.25, 0.3) is 0 Å². The van der Waals surface area contributed by atoms with Gasteiger partial charge < -0.3 is 20.5 Å². The number of fused-ring (bicyclic) bond motifs is 1. The monoisotopic (exact) mass is 362 g/mol. The Hall–Kier alpha value is -1.75. The zero-order valence-corrected chi connectivity index (χ0v) is 17.0. The van der Waals surface area contributed by atoms with Gasteiger partial charge in [0.15, 0.2) is 0 Å². The Kier molecular flexibility index (Phi) is 6.22. The highest BCUT2D eigenvalue weighted by Crippen LogP contribution is 2.39. The molecule has 2 rings (SSSR count). The van der Waals surface area contributed by atoms with E-state index in [1.807, 2.05) is 27.8 Å². The number of carbonyl (C=O) groups excluding carboxylic acids is 1. The van der Waals surface area contributed by atoms with Crippen LogP contribution in [0.5, 0.6) is 0 Å². The summed E-state index contributed by atoms with van der Waals surface area (Å²) < 4.78 is 5.31. The molecular weight excluding hydrogens is 328 g/mol. The Morgan fingerprint density at radius 1 is 1.35 bits per heavy atom. The van der Waals surface area contributed by atoms with Gasteiger partial charge in [0.2, 0.25) is 0 Å². The third-order valence-corrected chi connectivity index (χ3v) is 4.98. The van der Waals surface area contributed by atoms with E-state index in [9.17, 15) is 9.90 Å². The Morgan fingerprint density at radius 3 is 2.62 bits per heavy atom. The number of hydrogen-bond donors (Lipinski definition) is 3. The summed E-state index contributed by atoms with van der Waals surface area (Å²) in [5, 5.41) is 15.8. The Labute approximate surface area is 157 Å². The van der Waals surface area contributed by atoms with E-state index in [0.717, 1.165) is 17.7 Å². The summed E-state index contributed by atoms with van der Waals surface area (Å²) in [6.07, 6.45) is 3.53. The molecule has 3 N–H and O–H groups in total. The van der Waals surface area contributed by atoms with E-state index in [0.29, 0.717) is 6.42 Å². The van der Waals surface area contributed by atoms with Crippen molar-refractivity contribution in [2.75, 3.05) is 19.0 Å². The fourth-order valence-electron chi connectivity index (χ4n) is 3.69. The van der Waals surface area contributed by atoms with Crippen molar-refractivity contribution in [3.05, 3.63) is 28.8 Å². The molecule has 1 aromatic carbocycles. The standard InChI is InChI=1S/C21H34N2O3/c1-20(2,3)26-19(25)23-16(13-24)11-15-10-14-8-7-9-21(4,5)17(14)12-18(15)22-6/h10,12,16,22,24H,7-9,11,13H2,1-6H3,(H,23,25). The van der Waals surface area contributed by atoms with E-state index in [-0.39, 0.29) is 18.1 Å². The molecule has 0 fully saturated rings. The molecule has 0 heterocycles. The van der Waals surface area contributed by atoms with Gasteiger partial charge in [-0.3, -0.25) is 0 Å². The molecule has 0 saturated carbocycles. The minimum atomic E-state index is -0.558. The van der Waals surface area contributed by atoms with E-state index in [1.54, 1.807) is 0 Å². The molecule has 5 heteroatoms. The number of aryl methyl sites for hydroxylation is 1. The predicted molar refractivity (Wildman–Crippen MR) is 106 cm³/mol. The summed E-state index contributed by atoms with van der Waals surface area (Å²) in [6.45, 7) is 9.93. The zero-order chi connectivity index (χ0) is 19.5. The van der Waals surface area contributed by atoms with Crippen LogP contribution in [-0.4, -0.2) is 36.5 Å². The Balaban J connectivity index is 2.20. The minimum absolute atomic E-state index is 0.134. The molecule has 1 unspecified atom stereocenters. The van der Waals surface area contributed by atoms with Gasteiger partial charge in [-0.25, -0.2) is 4.79 Å². The largest absolute Gasteiger partial charge is 0.444 e. The van der Waals surface area contributed by atoms with Crippen LogP contribution >= 0.6 is 0 Å². The minimum Gasteiger partial charge on any atom is -0.444 e. The number of ether oxygens (including phenoxy) is 1. The molecule has 1 aliphatic rings. The lowest BCUT2D eigenvalue weighted by atomic mass is 9.72. The molecule has 0 aliphatic heterocycles. The van der Waals surface area contributed by atoms with Crippen molar-refractivity contribution in [2.45, 2.75) is 77.4 Å². The third-order valence-electron chi connectivity index (χ3n) is 4.98. The zero-order valence-electron chi connectivity index (χ0n) is 17.0. The van der Waals surface area contributed by atoms with Gasteiger partial charge >= 0.3 is 6.09 Å². The van der Waals surface area contributed by atoms with Crippen molar-refractivity contribution in [2.24, 2.45) is 0 Å². The lowest BCUT2D eigenvalue weighted by Gasteiger charge is -2.34. The summed E-state index contributed by atoms with van der Waals surface area (Å²) in [7, 11) is 1.91. The molecule has 0 bridgehead atoms. The number of rotatable bonds is 5. The molecule has 0 spiro atoms. The fourth-order valence-corrected chi connectivity index (χ4v) is 3.69. The van der Waals surface area contributed by atoms with Crippen LogP contribution in [0.2, 0.25) is 0 Å². The Morgan fingerprint density at radius 2 is 2.04 bits per heavy atom. The van der Waals surface area contributed by atoms with Gasteiger partial charge in [0.1, 0.15) is 5.60 Å². The highest BCUT2D eigenvalue weighted by atomic mass is 16.6. The second-order valence-electron chi connectivity index (χ2n) is 8.88. The number of nitrogens with one attached hydrogen (secondary N) is 2. The number of amides is 1. The number of aliphatic hydroxyl groups is 1. The van der Waals surface area contributed by atoms with E-state index in [4.69, 9.17) is 4.74 Å². The Bertz CT molecular complexity index is 647. The first kappa shape index (κ1) is 20.6. The molecule has 1 aliphatic carbocycles. The van der Waals surface area contributed by atoms with Crippen molar-refractivity contribution in [1.82, 2.24) is 5.32 Å². The maximum Gasteiger partial charge on any atom is 0.407 e. The second kappa shape index (κ2) is 7.87. The van der Waals surface area contributed by atoms with Gasteiger partial charge in [0, 0.05) is 12.7 Å². The first-order chi connectivity index (χ1) is 12.1. The average molecular weight is 363 g/mol. The fraction of sp³-hybridized carbons (Fsp3) is 0.667. The van der Waals surface area contributed by atoms with E-state index >= 15 is 0 Å². The predicted octanol–water partition coefficient (Wildman–Crippen LogP) is 3.77. The van der Waals surface area contributed by atoms with E-state index in [1.165, 1.54) is 24.0 Å². The normalized spacial score (nSPS) is 17.2. The summed E-state index contributed by atoms with van der Waals surface area (Å²) >= 11 is 0. The van der Waals surface area contributed by atoms with Gasteiger partial charge in [-0.15, -0.1) is 0 Å². The topological polar surface area (TPSA) is 70.6 Å². The van der Waals surface area contributed by atoms with E-state index in [2.05, 4.69) is 36.6 Å². The second-order valence-corrected chi connectivity index (χ2v) is 8.88. The molecule has 1 aromatic rings. The van der Waals surface area contributed by atoms with Crippen LogP contribution in [0.4, 0.5) is 10.5 Å². The van der Waals surface area contributed by atoms with Gasteiger partial charge in [0.25, 0.3) is 0 Å². The molecule has 1 atom stereocenters. The number of hydrogen-bond acceptors (Lipinski definition) is 4. The van der Waals surface area contributed by atoms with Crippen LogP contribution in [0.1, 0.15) is 64.2 Å². The summed E-state index contributed by atoms with van der Waals surface area (Å²) in [5.41, 5.74) is 4.57. The number of carbonyl (C=O) groups is 1. The maximum absolute atomic E-state index is 12.0. The van der Waals surface area contributed by atoms with Gasteiger partial charge in [0.05, 0.1) is 12.6 Å². The number of anilines is 1. The van der Waals surface area contributed by atoms with Crippen LogP contribution in [-0.2, 0) is 23.0 Å². The molecule has 0 aromatic heterocycles. The van der Waals surface area contributed by atoms with Crippen LogP contribution < -0.4 is 10.6 Å². The number of benzene rings is 1. The quantitative estimate of drug-likeness (QED) is 0.746. The van der Waals surface area contributed by atoms with Crippen molar-refractivity contribution < 1.29 is 14.6 Å². The number of aliphatic hydroxyl groups excluding tert-OH is 1. The molecule has 1 amide bonds. The third kappa shape index (κ3) is 5.13. The molecule has 26 heavy (non-hydrogen) atoms. The molecule has 0 radical (unpaired) electrons. The maximum atomic E-state index is 12.0. The van der Waals surface area contributed by atoms with Gasteiger partial charge in [-0.05, 0) is 74.6 Å². The summed E-state index contributed by atoms with van der Waals surface area (Å²) in [6, 6.07) is 4.10. The van der Waals surface area contributed by atoms with Gasteiger partial charge in [-0.1, -0.05) is 19.9 Å². The average Bonchev–Trinajstić information content (AvgIpc) is 2.51. The first-order valence-corrected chi connectivity index (χ1v) is 9.50. The van der Waals surface area contributed by atoms with Crippen molar-refractivity contribution >= 4 is 11.8 Å². The van der Waals surface area contributed by atoms with Crippen molar-refractivity contribution in [1.29, 1.82) is 0 Å². The lowest BCUT2D eigenvalue weighted by molar-refractivity contribution is 0.0483.